The number of sulfonamides is 1. The van der Waals surface area contributed by atoms with Gasteiger partial charge in [0.2, 0.25) is 15.9 Å². The zero-order valence-electron chi connectivity index (χ0n) is 11.7. The van der Waals surface area contributed by atoms with Gasteiger partial charge in [-0.3, -0.25) is 9.48 Å². The SMILES string of the molecule is CCS(=O)(=O)N1CCC(C(=O)Nc2ccn(C)n2)CC1. The number of carbonyl (C=O) groups excluding carboxylic acids is 1. The van der Waals surface area contributed by atoms with Crippen LogP contribution in [-0.4, -0.2) is 47.3 Å². The molecule has 0 saturated carbocycles. The first-order chi connectivity index (χ1) is 9.42. The highest BCUT2D eigenvalue weighted by molar-refractivity contribution is 7.89. The Morgan fingerprint density at radius 2 is 2.10 bits per heavy atom. The Hall–Kier alpha value is -1.41. The number of hydrogen-bond acceptors (Lipinski definition) is 4. The molecule has 8 heteroatoms. The Kier molecular flexibility index (Phi) is 4.44. The van der Waals surface area contributed by atoms with Crippen LogP contribution < -0.4 is 5.32 Å². The van der Waals surface area contributed by atoms with E-state index in [1.54, 1.807) is 30.9 Å². The van der Waals surface area contributed by atoms with Crippen LogP contribution in [-0.2, 0) is 21.9 Å². The zero-order chi connectivity index (χ0) is 14.8. The molecular formula is C12H20N4O3S. The number of rotatable bonds is 4. The zero-order valence-corrected chi connectivity index (χ0v) is 12.6. The van der Waals surface area contributed by atoms with Gasteiger partial charge in [0.15, 0.2) is 5.82 Å². The third-order valence-electron chi connectivity index (χ3n) is 3.55. The van der Waals surface area contributed by atoms with Gasteiger partial charge in [0.25, 0.3) is 0 Å². The molecule has 0 atom stereocenters. The lowest BCUT2D eigenvalue weighted by Gasteiger charge is -2.30. The van der Waals surface area contributed by atoms with Crippen molar-refractivity contribution in [2.24, 2.45) is 13.0 Å². The van der Waals surface area contributed by atoms with Gasteiger partial charge in [-0.05, 0) is 19.8 Å². The number of carbonyl (C=O) groups is 1. The van der Waals surface area contributed by atoms with Gasteiger partial charge < -0.3 is 5.32 Å². The van der Waals surface area contributed by atoms with Crippen molar-refractivity contribution in [1.29, 1.82) is 0 Å². The molecule has 0 aliphatic carbocycles. The highest BCUT2D eigenvalue weighted by Crippen LogP contribution is 2.21. The lowest BCUT2D eigenvalue weighted by Crippen LogP contribution is -2.42. The molecule has 20 heavy (non-hydrogen) atoms. The van der Waals surface area contributed by atoms with Crippen molar-refractivity contribution in [3.05, 3.63) is 12.3 Å². The topological polar surface area (TPSA) is 84.3 Å². The van der Waals surface area contributed by atoms with Gasteiger partial charge in [0.05, 0.1) is 5.75 Å². The van der Waals surface area contributed by atoms with E-state index < -0.39 is 10.0 Å². The predicted octanol–water partition coefficient (Wildman–Crippen LogP) is 0.420. The average Bonchev–Trinajstić information content (AvgIpc) is 2.84. The minimum absolute atomic E-state index is 0.0859. The maximum Gasteiger partial charge on any atom is 0.228 e. The second-order valence-electron chi connectivity index (χ2n) is 4.94. The number of aromatic nitrogens is 2. The number of nitrogens with zero attached hydrogens (tertiary/aromatic N) is 3. The van der Waals surface area contributed by atoms with E-state index in [1.807, 2.05) is 0 Å². The van der Waals surface area contributed by atoms with Gasteiger partial charge in [-0.1, -0.05) is 0 Å². The second-order valence-corrected chi connectivity index (χ2v) is 7.20. The van der Waals surface area contributed by atoms with Gasteiger partial charge in [0, 0.05) is 38.3 Å². The number of anilines is 1. The summed E-state index contributed by atoms with van der Waals surface area (Å²) in [7, 11) is -1.36. The lowest BCUT2D eigenvalue weighted by atomic mass is 9.97. The van der Waals surface area contributed by atoms with E-state index in [-0.39, 0.29) is 17.6 Å². The first kappa shape index (κ1) is 15.0. The Bertz CT molecular complexity index is 573. The highest BCUT2D eigenvalue weighted by Gasteiger charge is 2.30. The number of nitrogens with one attached hydrogen (secondary N) is 1. The molecule has 1 amide bonds. The summed E-state index contributed by atoms with van der Waals surface area (Å²) < 4.78 is 26.6. The Labute approximate surface area is 119 Å². The largest absolute Gasteiger partial charge is 0.309 e. The van der Waals surface area contributed by atoms with Crippen molar-refractivity contribution < 1.29 is 13.2 Å². The summed E-state index contributed by atoms with van der Waals surface area (Å²) in [6, 6.07) is 1.73. The van der Waals surface area contributed by atoms with Crippen molar-refractivity contribution >= 4 is 21.7 Å². The van der Waals surface area contributed by atoms with Gasteiger partial charge in [-0.2, -0.15) is 5.10 Å². The molecule has 1 aliphatic heterocycles. The van der Waals surface area contributed by atoms with Crippen LogP contribution >= 0.6 is 0 Å². The molecule has 1 fully saturated rings. The summed E-state index contributed by atoms with van der Waals surface area (Å²) in [5, 5.41) is 6.85. The molecule has 1 aliphatic rings. The molecule has 0 aromatic carbocycles. The first-order valence-corrected chi connectivity index (χ1v) is 8.31. The minimum atomic E-state index is -3.14. The van der Waals surface area contributed by atoms with E-state index in [0.29, 0.717) is 31.7 Å². The monoisotopic (exact) mass is 300 g/mol. The Morgan fingerprint density at radius 3 is 2.60 bits per heavy atom. The predicted molar refractivity (Wildman–Crippen MR) is 75.6 cm³/mol. The molecule has 1 aromatic heterocycles. The van der Waals surface area contributed by atoms with E-state index >= 15 is 0 Å². The van der Waals surface area contributed by atoms with Crippen LogP contribution in [0.5, 0.6) is 0 Å². The Balaban J connectivity index is 1.89. The smallest absolute Gasteiger partial charge is 0.228 e. The van der Waals surface area contributed by atoms with Gasteiger partial charge in [-0.25, -0.2) is 12.7 Å². The van der Waals surface area contributed by atoms with E-state index in [4.69, 9.17) is 0 Å². The summed E-state index contributed by atoms with van der Waals surface area (Å²) in [6.45, 7) is 2.46. The van der Waals surface area contributed by atoms with Crippen molar-refractivity contribution in [2.75, 3.05) is 24.2 Å². The quantitative estimate of drug-likeness (QED) is 0.873. The van der Waals surface area contributed by atoms with Gasteiger partial charge in [0.1, 0.15) is 0 Å². The summed E-state index contributed by atoms with van der Waals surface area (Å²) >= 11 is 0. The fraction of sp³-hybridized carbons (Fsp3) is 0.667. The van der Waals surface area contributed by atoms with Gasteiger partial charge >= 0.3 is 0 Å². The lowest BCUT2D eigenvalue weighted by molar-refractivity contribution is -0.120. The third kappa shape index (κ3) is 3.37. The standard InChI is InChI=1S/C12H20N4O3S/c1-3-20(18,19)16-8-4-10(5-9-16)12(17)13-11-6-7-15(2)14-11/h6-7,10H,3-5,8-9H2,1-2H3,(H,13,14,17). The summed E-state index contributed by atoms with van der Waals surface area (Å²) in [4.78, 5) is 12.1. The molecule has 112 valence electrons. The summed E-state index contributed by atoms with van der Waals surface area (Å²) in [6.07, 6.45) is 2.86. The number of piperidine rings is 1. The van der Waals surface area contributed by atoms with Crippen LogP contribution in [0.3, 0.4) is 0 Å². The maximum absolute atomic E-state index is 12.1. The first-order valence-electron chi connectivity index (χ1n) is 6.70. The van der Waals surface area contributed by atoms with Crippen LogP contribution in [0.4, 0.5) is 5.82 Å². The average molecular weight is 300 g/mol. The van der Waals surface area contributed by atoms with E-state index in [2.05, 4.69) is 10.4 Å². The molecule has 0 bridgehead atoms. The minimum Gasteiger partial charge on any atom is -0.309 e. The maximum atomic E-state index is 12.1. The molecule has 0 radical (unpaired) electrons. The van der Waals surface area contributed by atoms with Crippen LogP contribution in [0.2, 0.25) is 0 Å². The molecule has 1 saturated heterocycles. The molecule has 0 spiro atoms. The fourth-order valence-electron chi connectivity index (χ4n) is 2.29. The van der Waals surface area contributed by atoms with Crippen molar-refractivity contribution in [3.8, 4) is 0 Å². The number of hydrogen-bond donors (Lipinski definition) is 1. The molecular weight excluding hydrogens is 280 g/mol. The summed E-state index contributed by atoms with van der Waals surface area (Å²) in [5.41, 5.74) is 0. The number of amides is 1. The number of aryl methyl sites for hydroxylation is 1. The molecule has 0 unspecified atom stereocenters. The molecule has 1 N–H and O–H groups in total. The molecule has 2 heterocycles. The fourth-order valence-corrected chi connectivity index (χ4v) is 3.42. The van der Waals surface area contributed by atoms with E-state index in [9.17, 15) is 13.2 Å². The Morgan fingerprint density at radius 1 is 1.45 bits per heavy atom. The summed E-state index contributed by atoms with van der Waals surface area (Å²) in [5.74, 6) is 0.399. The van der Waals surface area contributed by atoms with E-state index in [1.165, 1.54) is 4.31 Å². The van der Waals surface area contributed by atoms with Crippen LogP contribution in [0.1, 0.15) is 19.8 Å². The molecule has 2 rings (SSSR count). The highest BCUT2D eigenvalue weighted by atomic mass is 32.2. The molecule has 7 nitrogen and oxygen atoms in total. The van der Waals surface area contributed by atoms with Crippen molar-refractivity contribution in [3.63, 3.8) is 0 Å². The van der Waals surface area contributed by atoms with Crippen LogP contribution in [0.25, 0.3) is 0 Å². The normalized spacial score (nSPS) is 18.1. The van der Waals surface area contributed by atoms with Crippen LogP contribution in [0, 0.1) is 5.92 Å². The van der Waals surface area contributed by atoms with E-state index in [0.717, 1.165) is 0 Å². The van der Waals surface area contributed by atoms with Gasteiger partial charge in [-0.15, -0.1) is 0 Å². The second kappa shape index (κ2) is 5.92. The van der Waals surface area contributed by atoms with Crippen molar-refractivity contribution in [2.45, 2.75) is 19.8 Å². The van der Waals surface area contributed by atoms with Crippen molar-refractivity contribution in [1.82, 2.24) is 14.1 Å². The third-order valence-corrected chi connectivity index (χ3v) is 5.43. The molecule has 1 aromatic rings. The van der Waals surface area contributed by atoms with Crippen LogP contribution in [0.15, 0.2) is 12.3 Å².